The van der Waals surface area contributed by atoms with E-state index in [-0.39, 0.29) is 28.6 Å². The standard InChI is InChI=1S/C15H12FN3O4/c1-21-12-11(15(20)22-2)18-14(19-13(12)17)8-6-10-7(3-4-23-10)5-9(8)16/h3-6H,1-2H3,(H2,17,18,19). The molecule has 2 aromatic heterocycles. The second-order valence-electron chi connectivity index (χ2n) is 4.60. The number of hydrogen-bond acceptors (Lipinski definition) is 7. The first-order valence-corrected chi connectivity index (χ1v) is 6.52. The van der Waals surface area contributed by atoms with Gasteiger partial charge in [0.15, 0.2) is 23.1 Å². The highest BCUT2D eigenvalue weighted by Crippen LogP contribution is 2.31. The van der Waals surface area contributed by atoms with Crippen molar-refractivity contribution in [3.05, 3.63) is 36.0 Å². The van der Waals surface area contributed by atoms with Crippen molar-refractivity contribution in [3.63, 3.8) is 0 Å². The van der Waals surface area contributed by atoms with Gasteiger partial charge in [0.2, 0.25) is 0 Å². The molecule has 3 rings (SSSR count). The Morgan fingerprint density at radius 1 is 1.30 bits per heavy atom. The molecule has 118 valence electrons. The van der Waals surface area contributed by atoms with Crippen molar-refractivity contribution in [3.8, 4) is 17.1 Å². The van der Waals surface area contributed by atoms with E-state index in [2.05, 4.69) is 14.7 Å². The number of benzene rings is 1. The summed E-state index contributed by atoms with van der Waals surface area (Å²) in [6.45, 7) is 0. The van der Waals surface area contributed by atoms with E-state index in [9.17, 15) is 9.18 Å². The molecule has 0 bridgehead atoms. The van der Waals surface area contributed by atoms with Crippen molar-refractivity contribution in [2.75, 3.05) is 20.0 Å². The molecular weight excluding hydrogens is 305 g/mol. The van der Waals surface area contributed by atoms with Crippen LogP contribution in [-0.4, -0.2) is 30.2 Å². The molecule has 0 fully saturated rings. The number of halogens is 1. The van der Waals surface area contributed by atoms with Crippen molar-refractivity contribution in [2.45, 2.75) is 0 Å². The summed E-state index contributed by atoms with van der Waals surface area (Å²) in [7, 11) is 2.51. The lowest BCUT2D eigenvalue weighted by molar-refractivity contribution is 0.0590. The predicted octanol–water partition coefficient (Wildman–Crippen LogP) is 2.41. The van der Waals surface area contributed by atoms with Crippen LogP contribution in [0.15, 0.2) is 28.9 Å². The number of fused-ring (bicyclic) bond motifs is 1. The molecule has 3 aromatic rings. The number of carbonyl (C=O) groups is 1. The SMILES string of the molecule is COC(=O)c1nc(-c2cc3occc3cc2F)nc(N)c1OC. The molecule has 8 heteroatoms. The third-order valence-corrected chi connectivity index (χ3v) is 3.26. The molecule has 2 heterocycles. The Bertz CT molecular complexity index is 907. The van der Waals surface area contributed by atoms with Gasteiger partial charge in [-0.05, 0) is 18.2 Å². The Morgan fingerprint density at radius 3 is 2.78 bits per heavy atom. The summed E-state index contributed by atoms with van der Waals surface area (Å²) in [5, 5.41) is 0.598. The van der Waals surface area contributed by atoms with Crippen molar-refractivity contribution in [2.24, 2.45) is 0 Å². The van der Waals surface area contributed by atoms with Crippen molar-refractivity contribution in [1.29, 1.82) is 0 Å². The summed E-state index contributed by atoms with van der Waals surface area (Å²) < 4.78 is 29.2. The maximum absolute atomic E-state index is 14.3. The fraction of sp³-hybridized carbons (Fsp3) is 0.133. The smallest absolute Gasteiger partial charge is 0.360 e. The molecule has 1 aromatic carbocycles. The minimum absolute atomic E-state index is 0.0277. The molecular formula is C15H12FN3O4. The topological polar surface area (TPSA) is 100 Å². The van der Waals surface area contributed by atoms with E-state index in [1.54, 1.807) is 6.07 Å². The number of aromatic nitrogens is 2. The van der Waals surface area contributed by atoms with E-state index >= 15 is 0 Å². The van der Waals surface area contributed by atoms with E-state index in [0.29, 0.717) is 11.0 Å². The average Bonchev–Trinajstić information content (AvgIpc) is 2.99. The third kappa shape index (κ3) is 2.44. The molecule has 0 aliphatic heterocycles. The van der Waals surface area contributed by atoms with Gasteiger partial charge in [0.25, 0.3) is 0 Å². The number of nitrogens with zero attached hydrogens (tertiary/aromatic N) is 2. The first-order chi connectivity index (χ1) is 11.0. The summed E-state index contributed by atoms with van der Waals surface area (Å²) >= 11 is 0. The molecule has 0 unspecified atom stereocenters. The number of anilines is 1. The number of esters is 1. The van der Waals surface area contributed by atoms with Gasteiger partial charge < -0.3 is 19.6 Å². The van der Waals surface area contributed by atoms with Gasteiger partial charge in [-0.25, -0.2) is 19.2 Å². The number of carbonyl (C=O) groups excluding carboxylic acids is 1. The molecule has 0 spiro atoms. The second-order valence-corrected chi connectivity index (χ2v) is 4.60. The number of ether oxygens (including phenoxy) is 2. The molecule has 2 N–H and O–H groups in total. The van der Waals surface area contributed by atoms with Crippen molar-refractivity contribution in [1.82, 2.24) is 9.97 Å². The average molecular weight is 317 g/mol. The lowest BCUT2D eigenvalue weighted by atomic mass is 10.1. The fourth-order valence-corrected chi connectivity index (χ4v) is 2.18. The van der Waals surface area contributed by atoms with E-state index < -0.39 is 11.8 Å². The van der Waals surface area contributed by atoms with Crippen LogP contribution in [0.1, 0.15) is 10.5 Å². The molecule has 0 atom stereocenters. The zero-order valence-electron chi connectivity index (χ0n) is 12.3. The van der Waals surface area contributed by atoms with Crippen LogP contribution < -0.4 is 10.5 Å². The van der Waals surface area contributed by atoms with Crippen LogP contribution in [0.25, 0.3) is 22.4 Å². The Balaban J connectivity index is 2.24. The molecule has 0 aliphatic rings. The number of hydrogen-bond donors (Lipinski definition) is 1. The largest absolute Gasteiger partial charge is 0.491 e. The van der Waals surface area contributed by atoms with Gasteiger partial charge in [0, 0.05) is 5.39 Å². The minimum Gasteiger partial charge on any atom is -0.491 e. The Kier molecular flexibility index (Phi) is 3.57. The highest BCUT2D eigenvalue weighted by Gasteiger charge is 2.22. The van der Waals surface area contributed by atoms with Gasteiger partial charge in [-0.15, -0.1) is 0 Å². The van der Waals surface area contributed by atoms with Gasteiger partial charge in [0.05, 0.1) is 26.0 Å². The zero-order valence-corrected chi connectivity index (χ0v) is 12.3. The third-order valence-electron chi connectivity index (χ3n) is 3.26. The molecule has 0 radical (unpaired) electrons. The maximum atomic E-state index is 14.3. The molecule has 0 saturated carbocycles. The van der Waals surface area contributed by atoms with Crippen LogP contribution in [0.4, 0.5) is 10.2 Å². The fourth-order valence-electron chi connectivity index (χ4n) is 2.18. The van der Waals surface area contributed by atoms with Crippen molar-refractivity contribution >= 4 is 22.8 Å². The van der Waals surface area contributed by atoms with E-state index in [1.165, 1.54) is 32.6 Å². The van der Waals surface area contributed by atoms with Crippen LogP contribution in [0.2, 0.25) is 0 Å². The first-order valence-electron chi connectivity index (χ1n) is 6.52. The number of nitrogens with two attached hydrogens (primary N) is 1. The van der Waals surface area contributed by atoms with Gasteiger partial charge in [-0.2, -0.15) is 0 Å². The van der Waals surface area contributed by atoms with E-state index in [1.807, 2.05) is 0 Å². The first kappa shape index (κ1) is 14.8. The normalized spacial score (nSPS) is 10.7. The Labute approximate surface area is 129 Å². The summed E-state index contributed by atoms with van der Waals surface area (Å²) in [5.41, 5.74) is 6.10. The molecule has 23 heavy (non-hydrogen) atoms. The van der Waals surface area contributed by atoms with Crippen molar-refractivity contribution < 1.29 is 23.1 Å². The van der Waals surface area contributed by atoms with Crippen LogP contribution in [-0.2, 0) is 4.74 Å². The van der Waals surface area contributed by atoms with Gasteiger partial charge >= 0.3 is 5.97 Å². The predicted molar refractivity (Wildman–Crippen MR) is 79.5 cm³/mol. The van der Waals surface area contributed by atoms with Gasteiger partial charge in [-0.1, -0.05) is 0 Å². The second kappa shape index (κ2) is 5.56. The highest BCUT2D eigenvalue weighted by atomic mass is 19.1. The Morgan fingerprint density at radius 2 is 2.09 bits per heavy atom. The summed E-state index contributed by atoms with van der Waals surface area (Å²) in [5.74, 6) is -1.53. The van der Waals surface area contributed by atoms with Gasteiger partial charge in [0.1, 0.15) is 11.4 Å². The summed E-state index contributed by atoms with van der Waals surface area (Å²) in [4.78, 5) is 19.8. The molecule has 0 saturated heterocycles. The number of nitrogen functional groups attached to an aromatic ring is 1. The number of furan rings is 1. The summed E-state index contributed by atoms with van der Waals surface area (Å²) in [6.07, 6.45) is 1.44. The van der Waals surface area contributed by atoms with Crippen LogP contribution in [0, 0.1) is 5.82 Å². The summed E-state index contributed by atoms with van der Waals surface area (Å²) in [6, 6.07) is 4.36. The van der Waals surface area contributed by atoms with E-state index in [0.717, 1.165) is 0 Å². The maximum Gasteiger partial charge on any atom is 0.360 e. The van der Waals surface area contributed by atoms with Crippen LogP contribution in [0.3, 0.4) is 0 Å². The quantitative estimate of drug-likeness (QED) is 0.740. The van der Waals surface area contributed by atoms with Crippen LogP contribution in [0.5, 0.6) is 5.75 Å². The Hall–Kier alpha value is -3.16. The van der Waals surface area contributed by atoms with E-state index in [4.69, 9.17) is 14.9 Å². The van der Waals surface area contributed by atoms with Gasteiger partial charge in [-0.3, -0.25) is 0 Å². The minimum atomic E-state index is -0.767. The lowest BCUT2D eigenvalue weighted by Gasteiger charge is -2.10. The molecule has 7 nitrogen and oxygen atoms in total. The molecule has 0 aliphatic carbocycles. The van der Waals surface area contributed by atoms with Crippen LogP contribution >= 0.6 is 0 Å². The number of methoxy groups -OCH3 is 2. The highest BCUT2D eigenvalue weighted by molar-refractivity contribution is 5.93. The zero-order chi connectivity index (χ0) is 16.6. The molecule has 0 amide bonds. The lowest BCUT2D eigenvalue weighted by Crippen LogP contribution is -2.12. The number of rotatable bonds is 3. The monoisotopic (exact) mass is 317 g/mol.